The van der Waals surface area contributed by atoms with E-state index >= 15 is 0 Å². The molecule has 0 radical (unpaired) electrons. The van der Waals surface area contributed by atoms with Crippen molar-refractivity contribution in [2.75, 3.05) is 23.0 Å². The molecule has 0 aliphatic carbocycles. The van der Waals surface area contributed by atoms with Crippen LogP contribution in [0.1, 0.15) is 12.7 Å². The fourth-order valence-electron chi connectivity index (χ4n) is 2.94. The van der Waals surface area contributed by atoms with Crippen molar-refractivity contribution in [3.63, 3.8) is 0 Å². The van der Waals surface area contributed by atoms with Gasteiger partial charge in [-0.25, -0.2) is 0 Å². The van der Waals surface area contributed by atoms with E-state index in [1.807, 2.05) is 19.1 Å². The van der Waals surface area contributed by atoms with Crippen molar-refractivity contribution in [3.8, 4) is 5.75 Å². The van der Waals surface area contributed by atoms with Crippen molar-refractivity contribution < 1.29 is 14.3 Å². The number of amides is 2. The van der Waals surface area contributed by atoms with Gasteiger partial charge in [-0.2, -0.15) is 0 Å². The van der Waals surface area contributed by atoms with Gasteiger partial charge in [0.2, 0.25) is 11.8 Å². The summed E-state index contributed by atoms with van der Waals surface area (Å²) in [5.74, 6) is 0.701. The van der Waals surface area contributed by atoms with Gasteiger partial charge in [-0.05, 0) is 31.2 Å². The quantitative estimate of drug-likeness (QED) is 0.308. The number of para-hydroxylation sites is 3. The number of anilines is 2. The third-order valence-corrected chi connectivity index (χ3v) is 5.66. The molecule has 0 aliphatic rings. The van der Waals surface area contributed by atoms with Crippen LogP contribution >= 0.6 is 23.4 Å². The second-order valence-electron chi connectivity index (χ2n) is 6.77. The van der Waals surface area contributed by atoms with E-state index in [-0.39, 0.29) is 24.0 Å². The van der Waals surface area contributed by atoms with Crippen LogP contribution < -0.4 is 15.4 Å². The number of aromatic nitrogens is 3. The van der Waals surface area contributed by atoms with Crippen molar-refractivity contribution >= 4 is 46.6 Å². The number of ether oxygens (including phenoxy) is 1. The Kier molecular flexibility index (Phi) is 8.91. The zero-order valence-corrected chi connectivity index (χ0v) is 19.7. The maximum Gasteiger partial charge on any atom is 0.234 e. The van der Waals surface area contributed by atoms with Gasteiger partial charge in [-0.3, -0.25) is 9.59 Å². The first-order chi connectivity index (χ1) is 16.0. The SMILES string of the molecule is C=CCn1c(CC(=O)Nc2ccccc2Cl)nnc1SCC(=O)Nc1ccccc1OCC. The minimum Gasteiger partial charge on any atom is -0.492 e. The molecular weight excluding hydrogens is 462 g/mol. The molecule has 172 valence electrons. The Morgan fingerprint density at radius 3 is 2.52 bits per heavy atom. The number of carbonyl (C=O) groups excluding carboxylic acids is 2. The minimum absolute atomic E-state index is 0.000547. The van der Waals surface area contributed by atoms with Crippen molar-refractivity contribution in [2.24, 2.45) is 0 Å². The second-order valence-corrected chi connectivity index (χ2v) is 8.12. The molecule has 0 saturated carbocycles. The van der Waals surface area contributed by atoms with Crippen LogP contribution in [0.4, 0.5) is 11.4 Å². The average Bonchev–Trinajstić information content (AvgIpc) is 3.17. The molecule has 0 fully saturated rings. The number of halogens is 1. The fourth-order valence-corrected chi connectivity index (χ4v) is 3.89. The monoisotopic (exact) mass is 485 g/mol. The first-order valence-electron chi connectivity index (χ1n) is 10.2. The molecule has 0 spiro atoms. The highest BCUT2D eigenvalue weighted by atomic mass is 35.5. The number of hydrogen-bond acceptors (Lipinski definition) is 6. The Morgan fingerprint density at radius 2 is 1.79 bits per heavy atom. The lowest BCUT2D eigenvalue weighted by atomic mass is 10.3. The Labute approximate surface area is 201 Å². The van der Waals surface area contributed by atoms with Gasteiger partial charge >= 0.3 is 0 Å². The van der Waals surface area contributed by atoms with E-state index in [2.05, 4.69) is 27.4 Å². The summed E-state index contributed by atoms with van der Waals surface area (Å²) in [6, 6.07) is 14.2. The third kappa shape index (κ3) is 6.84. The minimum atomic E-state index is -0.275. The van der Waals surface area contributed by atoms with Crippen molar-refractivity contribution in [1.29, 1.82) is 0 Å². The maximum atomic E-state index is 12.5. The van der Waals surface area contributed by atoms with Gasteiger partial charge < -0.3 is 19.9 Å². The summed E-state index contributed by atoms with van der Waals surface area (Å²) in [5, 5.41) is 14.9. The molecule has 0 bridgehead atoms. The number of nitrogens with zero attached hydrogens (tertiary/aromatic N) is 3. The highest BCUT2D eigenvalue weighted by Crippen LogP contribution is 2.25. The lowest BCUT2D eigenvalue weighted by Gasteiger charge is -2.11. The molecule has 1 heterocycles. The number of hydrogen-bond donors (Lipinski definition) is 2. The van der Waals surface area contributed by atoms with Gasteiger partial charge in [0.25, 0.3) is 0 Å². The largest absolute Gasteiger partial charge is 0.492 e. The van der Waals surface area contributed by atoms with Crippen LogP contribution in [0.15, 0.2) is 66.3 Å². The third-order valence-electron chi connectivity index (χ3n) is 4.37. The molecule has 0 atom stereocenters. The number of benzene rings is 2. The Hall–Kier alpha value is -3.30. The first kappa shape index (κ1) is 24.3. The van der Waals surface area contributed by atoms with Gasteiger partial charge in [0.1, 0.15) is 11.6 Å². The summed E-state index contributed by atoms with van der Waals surface area (Å²) in [5.41, 5.74) is 1.13. The summed E-state index contributed by atoms with van der Waals surface area (Å²) < 4.78 is 7.29. The summed E-state index contributed by atoms with van der Waals surface area (Å²) in [4.78, 5) is 25.0. The van der Waals surface area contributed by atoms with E-state index in [9.17, 15) is 9.59 Å². The molecule has 3 rings (SSSR count). The number of nitrogens with one attached hydrogen (secondary N) is 2. The van der Waals surface area contributed by atoms with Crippen molar-refractivity contribution in [2.45, 2.75) is 25.0 Å². The van der Waals surface area contributed by atoms with E-state index in [4.69, 9.17) is 16.3 Å². The Bertz CT molecular complexity index is 1130. The summed E-state index contributed by atoms with van der Waals surface area (Å²) in [7, 11) is 0. The van der Waals surface area contributed by atoms with Crippen LogP contribution in [0, 0.1) is 0 Å². The molecule has 33 heavy (non-hydrogen) atoms. The van der Waals surface area contributed by atoms with Crippen LogP contribution in [0.2, 0.25) is 5.02 Å². The molecule has 0 saturated heterocycles. The Balaban J connectivity index is 1.63. The van der Waals surface area contributed by atoms with Crippen LogP contribution in [0.5, 0.6) is 5.75 Å². The summed E-state index contributed by atoms with van der Waals surface area (Å²) in [6.07, 6.45) is 1.68. The van der Waals surface area contributed by atoms with Gasteiger partial charge in [-0.1, -0.05) is 53.7 Å². The highest BCUT2D eigenvalue weighted by Gasteiger charge is 2.17. The van der Waals surface area contributed by atoms with Gasteiger partial charge in [0, 0.05) is 6.54 Å². The van der Waals surface area contributed by atoms with E-state index in [0.29, 0.717) is 46.3 Å². The van der Waals surface area contributed by atoms with Crippen LogP contribution in [-0.4, -0.2) is 38.9 Å². The molecular formula is C23H24ClN5O3S. The topological polar surface area (TPSA) is 98.1 Å². The summed E-state index contributed by atoms with van der Waals surface area (Å²) in [6.45, 7) is 6.54. The Morgan fingerprint density at radius 1 is 1.09 bits per heavy atom. The fraction of sp³-hybridized carbons (Fsp3) is 0.217. The van der Waals surface area contributed by atoms with Crippen molar-refractivity contribution in [1.82, 2.24) is 14.8 Å². The number of carbonyl (C=O) groups is 2. The molecule has 0 unspecified atom stereocenters. The average molecular weight is 486 g/mol. The number of rotatable bonds is 11. The van der Waals surface area contributed by atoms with Crippen LogP contribution in [0.3, 0.4) is 0 Å². The molecule has 10 heteroatoms. The van der Waals surface area contributed by atoms with Gasteiger partial charge in [-0.15, -0.1) is 16.8 Å². The number of allylic oxidation sites excluding steroid dienone is 1. The lowest BCUT2D eigenvalue weighted by Crippen LogP contribution is -2.18. The molecule has 8 nitrogen and oxygen atoms in total. The predicted molar refractivity (Wildman–Crippen MR) is 131 cm³/mol. The van der Waals surface area contributed by atoms with E-state index in [1.54, 1.807) is 47.0 Å². The molecule has 2 aromatic carbocycles. The van der Waals surface area contributed by atoms with Crippen molar-refractivity contribution in [3.05, 3.63) is 72.0 Å². The van der Waals surface area contributed by atoms with Crippen LogP contribution in [0.25, 0.3) is 0 Å². The molecule has 2 N–H and O–H groups in total. The molecule has 3 aromatic rings. The van der Waals surface area contributed by atoms with E-state index in [0.717, 1.165) is 0 Å². The van der Waals surface area contributed by atoms with Crippen LogP contribution in [-0.2, 0) is 22.6 Å². The smallest absolute Gasteiger partial charge is 0.234 e. The predicted octanol–water partition coefficient (Wildman–Crippen LogP) is 4.43. The molecule has 2 amide bonds. The maximum absolute atomic E-state index is 12.5. The molecule has 1 aromatic heterocycles. The zero-order chi connectivity index (χ0) is 23.6. The normalized spacial score (nSPS) is 10.5. The van der Waals surface area contributed by atoms with Gasteiger partial charge in [0.05, 0.1) is 35.2 Å². The van der Waals surface area contributed by atoms with Gasteiger partial charge in [0.15, 0.2) is 5.16 Å². The highest BCUT2D eigenvalue weighted by molar-refractivity contribution is 7.99. The van der Waals surface area contributed by atoms with E-state index < -0.39 is 0 Å². The number of thioether (sulfide) groups is 1. The second kappa shape index (κ2) is 12.1. The van der Waals surface area contributed by atoms with E-state index in [1.165, 1.54) is 11.8 Å². The summed E-state index contributed by atoms with van der Waals surface area (Å²) >= 11 is 7.33. The molecule has 0 aliphatic heterocycles. The lowest BCUT2D eigenvalue weighted by molar-refractivity contribution is -0.116. The standard InChI is InChI=1S/C23H24ClN5O3S/c1-3-13-29-20(14-21(30)25-17-10-6-5-9-16(17)24)27-28-23(29)33-15-22(31)26-18-11-7-8-12-19(18)32-4-2/h3,5-12H,1,4,13-15H2,2H3,(H,25,30)(H,26,31). The first-order valence-corrected chi connectivity index (χ1v) is 11.6. The zero-order valence-electron chi connectivity index (χ0n) is 18.1.